The molecule has 0 radical (unpaired) electrons. The molecule has 2 unspecified atom stereocenters. The van der Waals surface area contributed by atoms with E-state index in [-0.39, 0.29) is 35.1 Å². The maximum atomic E-state index is 13.3. The van der Waals surface area contributed by atoms with Gasteiger partial charge >= 0.3 is 18.0 Å². The maximum absolute atomic E-state index is 13.3. The van der Waals surface area contributed by atoms with Gasteiger partial charge in [-0.15, -0.1) is 22.0 Å². The second-order valence-electron chi connectivity index (χ2n) is 11.2. The molecule has 1 fully saturated rings. The Balaban J connectivity index is 1.49. The summed E-state index contributed by atoms with van der Waals surface area (Å²) < 4.78 is 10.7. The number of aromatic amines is 1. The lowest BCUT2D eigenvalue weighted by Gasteiger charge is -2.50. The highest BCUT2D eigenvalue weighted by Crippen LogP contribution is 2.44. The number of nitrogens with zero attached hydrogens (tertiary/aromatic N) is 5. The number of fused-ring (bicyclic) bond motifs is 1. The summed E-state index contributed by atoms with van der Waals surface area (Å²) in [5.41, 5.74) is 0.446. The van der Waals surface area contributed by atoms with E-state index in [0.717, 1.165) is 16.7 Å². The predicted molar refractivity (Wildman–Crippen MR) is 160 cm³/mol. The minimum atomic E-state index is -1.39. The number of carboxylic acid groups (broad SMARTS) is 2. The molecule has 1 aromatic heterocycles. The summed E-state index contributed by atoms with van der Waals surface area (Å²) in [6.07, 6.45) is -1.11. The normalized spacial score (nSPS) is 18.4. The summed E-state index contributed by atoms with van der Waals surface area (Å²) in [5.74, 6) is -3.05. The van der Waals surface area contributed by atoms with Gasteiger partial charge in [-0.1, -0.05) is 17.8 Å². The molecule has 0 saturated carbocycles. The molecule has 3 atom stereocenters. The number of β-lactam (4-membered cyclic amide) rings is 1. The topological polar surface area (TPSA) is 217 Å². The van der Waals surface area contributed by atoms with Gasteiger partial charge in [0.05, 0.1) is 20.0 Å². The second kappa shape index (κ2) is 13.8. The zero-order valence-electron chi connectivity index (χ0n) is 25.1. The van der Waals surface area contributed by atoms with Crippen LogP contribution in [0.1, 0.15) is 38.3 Å². The van der Waals surface area contributed by atoms with Crippen LogP contribution in [0.4, 0.5) is 4.79 Å². The van der Waals surface area contributed by atoms with Crippen LogP contribution in [0.3, 0.4) is 0 Å². The molecule has 3 heterocycles. The fourth-order valence-corrected chi connectivity index (χ4v) is 7.25. The van der Waals surface area contributed by atoms with Crippen molar-refractivity contribution in [2.24, 2.45) is 0 Å². The van der Waals surface area contributed by atoms with Crippen molar-refractivity contribution in [3.63, 3.8) is 0 Å². The van der Waals surface area contributed by atoms with Crippen molar-refractivity contribution in [3.8, 4) is 5.75 Å². The summed E-state index contributed by atoms with van der Waals surface area (Å²) in [7, 11) is 3.07. The first-order valence-electron chi connectivity index (χ1n) is 13.6. The zero-order valence-corrected chi connectivity index (χ0v) is 26.7. The SMILES string of the molecule is COc1ccc(CC(=O)NC2C(=O)N3C(C(=O)O)=C(C(CC(=O)O)Sc4nn[nH]n4)CS[C@@H]23)c(CN(C)C(=O)OC(C)(C)C)c1. The van der Waals surface area contributed by atoms with Crippen LogP contribution >= 0.6 is 23.5 Å². The summed E-state index contributed by atoms with van der Waals surface area (Å²) in [6, 6.07) is 4.09. The summed E-state index contributed by atoms with van der Waals surface area (Å²) in [5, 5.41) is 34.1. The van der Waals surface area contributed by atoms with Crippen molar-refractivity contribution in [2.45, 2.75) is 67.6 Å². The molecule has 0 aliphatic carbocycles. The Morgan fingerprint density at radius 1 is 1.24 bits per heavy atom. The van der Waals surface area contributed by atoms with Gasteiger partial charge in [0.25, 0.3) is 5.91 Å². The number of aromatic nitrogens is 4. The molecule has 4 rings (SSSR count). The molecular formula is C27H33N7O9S2. The van der Waals surface area contributed by atoms with Crippen LogP contribution in [-0.2, 0) is 36.9 Å². The average Bonchev–Trinajstić information content (AvgIpc) is 3.47. The van der Waals surface area contributed by atoms with Gasteiger partial charge in [-0.2, -0.15) is 5.21 Å². The molecule has 1 saturated heterocycles. The molecule has 0 spiro atoms. The summed E-state index contributed by atoms with van der Waals surface area (Å²) in [6.45, 7) is 5.39. The molecule has 4 N–H and O–H groups in total. The van der Waals surface area contributed by atoms with E-state index in [0.29, 0.717) is 16.9 Å². The first kappa shape index (κ1) is 33.6. The molecule has 45 heavy (non-hydrogen) atoms. The number of nitrogens with one attached hydrogen (secondary N) is 2. The van der Waals surface area contributed by atoms with Crippen LogP contribution in [0, 0.1) is 0 Å². The van der Waals surface area contributed by atoms with E-state index in [1.807, 2.05) is 0 Å². The van der Waals surface area contributed by atoms with Gasteiger partial charge in [-0.3, -0.25) is 19.3 Å². The first-order valence-corrected chi connectivity index (χ1v) is 15.5. The second-order valence-corrected chi connectivity index (χ2v) is 13.5. The first-order chi connectivity index (χ1) is 21.2. The Bertz CT molecular complexity index is 1510. The molecule has 2 aliphatic heterocycles. The number of methoxy groups -OCH3 is 1. The molecular weight excluding hydrogens is 630 g/mol. The third-order valence-corrected chi connectivity index (χ3v) is 9.14. The average molecular weight is 664 g/mol. The van der Waals surface area contributed by atoms with Crippen molar-refractivity contribution in [1.29, 1.82) is 0 Å². The lowest BCUT2D eigenvalue weighted by atomic mass is 9.99. The molecule has 242 valence electrons. The van der Waals surface area contributed by atoms with Gasteiger partial charge in [-0.25, -0.2) is 9.59 Å². The van der Waals surface area contributed by atoms with Gasteiger partial charge in [-0.05, 0) is 54.8 Å². The zero-order chi connectivity index (χ0) is 33.1. The Kier molecular flexibility index (Phi) is 10.3. The van der Waals surface area contributed by atoms with Crippen LogP contribution in [-0.4, -0.2) is 113 Å². The Morgan fingerprint density at radius 2 is 1.98 bits per heavy atom. The van der Waals surface area contributed by atoms with E-state index in [2.05, 4.69) is 25.9 Å². The third kappa shape index (κ3) is 8.05. The number of tetrazole rings is 1. The van der Waals surface area contributed by atoms with Crippen LogP contribution in [0.25, 0.3) is 0 Å². The van der Waals surface area contributed by atoms with Gasteiger partial charge in [0, 0.05) is 24.6 Å². The van der Waals surface area contributed by atoms with E-state index in [1.165, 1.54) is 23.8 Å². The number of H-pyrrole nitrogens is 1. The van der Waals surface area contributed by atoms with Crippen LogP contribution < -0.4 is 10.1 Å². The highest BCUT2D eigenvalue weighted by molar-refractivity contribution is 8.01. The predicted octanol–water partition coefficient (Wildman–Crippen LogP) is 1.49. The van der Waals surface area contributed by atoms with E-state index >= 15 is 0 Å². The molecule has 2 aliphatic rings. The Hall–Kier alpha value is -4.32. The standard InChI is InChI=1S/C27H33N7O9S2/c1-27(2,3)43-26(41)33(4)11-14-8-15(42-5)7-6-13(14)9-18(35)28-20-22(38)34-21(24(39)40)16(12-44-23(20)34)17(10-19(36)37)45-25-29-31-32-30-25/h6-8,17,20,23H,9-12H2,1-5H3,(H,28,35)(H,36,37)(H,39,40)(H,29,30,31,32)/t17?,20?,23-/m0/s1. The van der Waals surface area contributed by atoms with Crippen LogP contribution in [0.5, 0.6) is 5.75 Å². The highest BCUT2D eigenvalue weighted by Gasteiger charge is 2.55. The largest absolute Gasteiger partial charge is 0.497 e. The molecule has 16 nitrogen and oxygen atoms in total. The number of benzene rings is 1. The van der Waals surface area contributed by atoms with Crippen molar-refractivity contribution in [2.75, 3.05) is 19.9 Å². The number of carboxylic acids is 2. The number of ether oxygens (including phenoxy) is 2. The number of thioether (sulfide) groups is 2. The number of hydrogen-bond acceptors (Lipinski definition) is 12. The lowest BCUT2D eigenvalue weighted by Crippen LogP contribution is -2.70. The van der Waals surface area contributed by atoms with Crippen molar-refractivity contribution >= 4 is 53.4 Å². The minimum Gasteiger partial charge on any atom is -0.497 e. The van der Waals surface area contributed by atoms with Crippen molar-refractivity contribution in [3.05, 3.63) is 40.6 Å². The number of amides is 3. The van der Waals surface area contributed by atoms with E-state index in [9.17, 15) is 34.2 Å². The monoisotopic (exact) mass is 663 g/mol. The van der Waals surface area contributed by atoms with E-state index < -0.39 is 58.5 Å². The van der Waals surface area contributed by atoms with Gasteiger partial charge in [0.2, 0.25) is 11.1 Å². The molecule has 1 aromatic carbocycles. The highest BCUT2D eigenvalue weighted by atomic mass is 32.2. The van der Waals surface area contributed by atoms with Gasteiger partial charge < -0.3 is 29.9 Å². The third-order valence-electron chi connectivity index (χ3n) is 6.72. The van der Waals surface area contributed by atoms with Crippen LogP contribution in [0.2, 0.25) is 0 Å². The summed E-state index contributed by atoms with van der Waals surface area (Å²) in [4.78, 5) is 65.4. The molecule has 18 heteroatoms. The fourth-order valence-electron chi connectivity index (χ4n) is 4.72. The quantitative estimate of drug-likeness (QED) is 0.187. The number of carbonyl (C=O) groups excluding carboxylic acids is 3. The molecule has 3 amide bonds. The fraction of sp³-hybridized carbons (Fsp3) is 0.481. The number of hydrogen-bond donors (Lipinski definition) is 4. The molecule has 2 aromatic rings. The molecule has 0 bridgehead atoms. The lowest BCUT2D eigenvalue weighted by molar-refractivity contribution is -0.150. The smallest absolute Gasteiger partial charge is 0.410 e. The maximum Gasteiger partial charge on any atom is 0.410 e. The van der Waals surface area contributed by atoms with E-state index in [4.69, 9.17) is 9.47 Å². The minimum absolute atomic E-state index is 0.102. The van der Waals surface area contributed by atoms with Gasteiger partial charge in [0.15, 0.2) is 0 Å². The number of aliphatic carboxylic acids is 2. The Morgan fingerprint density at radius 3 is 2.58 bits per heavy atom. The van der Waals surface area contributed by atoms with Gasteiger partial charge in [0.1, 0.15) is 28.5 Å². The van der Waals surface area contributed by atoms with Crippen LogP contribution in [0.15, 0.2) is 34.6 Å². The number of carbonyl (C=O) groups is 5. The van der Waals surface area contributed by atoms with Crippen molar-refractivity contribution < 1.29 is 43.7 Å². The number of rotatable bonds is 12. The summed E-state index contributed by atoms with van der Waals surface area (Å²) >= 11 is 2.14. The Labute approximate surface area is 266 Å². The van der Waals surface area contributed by atoms with Crippen molar-refractivity contribution in [1.82, 2.24) is 35.7 Å². The van der Waals surface area contributed by atoms with E-state index in [1.54, 1.807) is 46.0 Å².